The highest BCUT2D eigenvalue weighted by atomic mass is 16.5. The molecule has 1 rings (SSSR count). The van der Waals surface area contributed by atoms with Gasteiger partial charge >= 0.3 is 0 Å². The van der Waals surface area contributed by atoms with Crippen LogP contribution in [0.2, 0.25) is 0 Å². The zero-order chi connectivity index (χ0) is 19.0. The van der Waals surface area contributed by atoms with Crippen LogP contribution in [0.5, 0.6) is 0 Å². The lowest BCUT2D eigenvalue weighted by atomic mass is 9.75. The highest BCUT2D eigenvalue weighted by molar-refractivity contribution is 5.89. The molecule has 1 saturated carbocycles. The van der Waals surface area contributed by atoms with Crippen molar-refractivity contribution in [2.24, 2.45) is 23.7 Å². The van der Waals surface area contributed by atoms with Crippen LogP contribution in [0.1, 0.15) is 66.7 Å². The lowest BCUT2D eigenvalue weighted by molar-refractivity contribution is -0.116. The third kappa shape index (κ3) is 8.02. The Morgan fingerprint density at radius 1 is 1.20 bits per heavy atom. The third-order valence-electron chi connectivity index (χ3n) is 5.43. The van der Waals surface area contributed by atoms with Gasteiger partial charge in [-0.15, -0.1) is 0 Å². The zero-order valence-electron chi connectivity index (χ0n) is 16.6. The summed E-state index contributed by atoms with van der Waals surface area (Å²) in [6.07, 6.45) is 5.93. The minimum Gasteiger partial charge on any atom is -0.390 e. The lowest BCUT2D eigenvalue weighted by Gasteiger charge is -2.37. The number of ether oxygens (including phenoxy) is 1. The van der Waals surface area contributed by atoms with Crippen LogP contribution in [0, 0.1) is 23.7 Å². The topological polar surface area (TPSA) is 66.8 Å². The highest BCUT2D eigenvalue weighted by Gasteiger charge is 2.32. The van der Waals surface area contributed by atoms with Gasteiger partial charge in [-0.1, -0.05) is 40.2 Å². The fourth-order valence-corrected chi connectivity index (χ4v) is 3.89. The Bertz CT molecular complexity index is 418. The number of carbonyl (C=O) groups is 1. The van der Waals surface area contributed by atoms with Gasteiger partial charge in [-0.05, 0) is 55.9 Å². The van der Waals surface area contributed by atoms with Gasteiger partial charge in [-0.2, -0.15) is 0 Å². The number of allylic oxidation sites excluding steroid dienone is 2. The van der Waals surface area contributed by atoms with Gasteiger partial charge in [0, 0.05) is 6.42 Å². The van der Waals surface area contributed by atoms with Gasteiger partial charge in [0.25, 0.3) is 0 Å². The van der Waals surface area contributed by atoms with E-state index in [0.29, 0.717) is 30.6 Å². The van der Waals surface area contributed by atoms with E-state index in [2.05, 4.69) is 20.8 Å². The molecule has 0 amide bonds. The number of carbonyl (C=O) groups excluding carboxylic acids is 1. The van der Waals surface area contributed by atoms with Crippen LogP contribution < -0.4 is 0 Å². The van der Waals surface area contributed by atoms with E-state index in [-0.39, 0.29) is 24.4 Å². The van der Waals surface area contributed by atoms with Gasteiger partial charge in [0.1, 0.15) is 6.10 Å². The Balaban J connectivity index is 2.43. The van der Waals surface area contributed by atoms with Crippen LogP contribution in [0.15, 0.2) is 12.2 Å². The molecule has 0 spiro atoms. The molecule has 6 atom stereocenters. The Hall–Kier alpha value is -0.710. The minimum atomic E-state index is -0.899. The summed E-state index contributed by atoms with van der Waals surface area (Å²) in [7, 11) is 0. The quantitative estimate of drug-likeness (QED) is 0.586. The standard InChI is InChI=1S/C21H38O4/c1-6-7-17(22)10-16(5)11-19(23)20(24)13-25-21-12-15(4)8-9-18(21)14(2)3/h6-7,14-16,18-21,23-24H,8-13H2,1-5H3. The molecule has 0 radical (unpaired) electrons. The zero-order valence-corrected chi connectivity index (χ0v) is 16.6. The van der Waals surface area contributed by atoms with E-state index in [9.17, 15) is 15.0 Å². The molecule has 0 heterocycles. The van der Waals surface area contributed by atoms with Crippen LogP contribution in [0.4, 0.5) is 0 Å². The van der Waals surface area contributed by atoms with Crippen LogP contribution >= 0.6 is 0 Å². The van der Waals surface area contributed by atoms with Gasteiger partial charge in [0.15, 0.2) is 5.78 Å². The summed E-state index contributed by atoms with van der Waals surface area (Å²) in [5, 5.41) is 20.5. The summed E-state index contributed by atoms with van der Waals surface area (Å²) < 4.78 is 6.02. The van der Waals surface area contributed by atoms with E-state index in [1.54, 1.807) is 12.2 Å². The van der Waals surface area contributed by atoms with E-state index in [1.165, 1.54) is 12.8 Å². The number of hydrogen-bond donors (Lipinski definition) is 2. The second-order valence-corrected chi connectivity index (χ2v) is 8.34. The average molecular weight is 355 g/mol. The summed E-state index contributed by atoms with van der Waals surface area (Å²) in [5.74, 6) is 1.84. The molecule has 25 heavy (non-hydrogen) atoms. The van der Waals surface area contributed by atoms with Gasteiger partial charge in [-0.25, -0.2) is 0 Å². The van der Waals surface area contributed by atoms with Crippen molar-refractivity contribution in [1.29, 1.82) is 0 Å². The van der Waals surface area contributed by atoms with Crippen molar-refractivity contribution in [2.45, 2.75) is 85.0 Å². The molecule has 6 unspecified atom stereocenters. The number of aliphatic hydroxyl groups excluding tert-OH is 2. The van der Waals surface area contributed by atoms with E-state index in [4.69, 9.17) is 4.74 Å². The summed E-state index contributed by atoms with van der Waals surface area (Å²) in [6, 6.07) is 0. The normalized spacial score (nSPS) is 28.2. The first kappa shape index (κ1) is 22.3. The Morgan fingerprint density at radius 2 is 1.88 bits per heavy atom. The summed E-state index contributed by atoms with van der Waals surface area (Å²) in [5.41, 5.74) is 0. The van der Waals surface area contributed by atoms with Crippen molar-refractivity contribution in [2.75, 3.05) is 6.61 Å². The molecule has 1 aliphatic rings. The first-order chi connectivity index (χ1) is 11.7. The van der Waals surface area contributed by atoms with Crippen molar-refractivity contribution in [3.05, 3.63) is 12.2 Å². The molecule has 4 heteroatoms. The number of hydrogen-bond acceptors (Lipinski definition) is 4. The predicted molar refractivity (Wildman–Crippen MR) is 101 cm³/mol. The molecule has 0 aromatic heterocycles. The van der Waals surface area contributed by atoms with Crippen molar-refractivity contribution < 1.29 is 19.7 Å². The Morgan fingerprint density at radius 3 is 2.48 bits per heavy atom. The van der Waals surface area contributed by atoms with Gasteiger partial charge < -0.3 is 14.9 Å². The van der Waals surface area contributed by atoms with Crippen molar-refractivity contribution >= 4 is 5.78 Å². The Kier molecular flexibility index (Phi) is 9.91. The predicted octanol–water partition coefficient (Wildman–Crippen LogP) is 3.75. The van der Waals surface area contributed by atoms with Crippen molar-refractivity contribution in [1.82, 2.24) is 0 Å². The summed E-state index contributed by atoms with van der Waals surface area (Å²) in [6.45, 7) is 10.6. The molecule has 0 aromatic rings. The molecule has 0 saturated heterocycles. The maximum Gasteiger partial charge on any atom is 0.155 e. The van der Waals surface area contributed by atoms with E-state index < -0.39 is 12.2 Å². The number of ketones is 1. The van der Waals surface area contributed by atoms with Gasteiger partial charge in [-0.3, -0.25) is 4.79 Å². The third-order valence-corrected chi connectivity index (χ3v) is 5.43. The van der Waals surface area contributed by atoms with Crippen LogP contribution in [0.3, 0.4) is 0 Å². The van der Waals surface area contributed by atoms with Crippen molar-refractivity contribution in [3.63, 3.8) is 0 Å². The fourth-order valence-electron chi connectivity index (χ4n) is 3.89. The average Bonchev–Trinajstić information content (AvgIpc) is 2.52. The smallest absolute Gasteiger partial charge is 0.155 e. The fraction of sp³-hybridized carbons (Fsp3) is 0.857. The molecule has 146 valence electrons. The van der Waals surface area contributed by atoms with E-state index in [1.807, 2.05) is 13.8 Å². The van der Waals surface area contributed by atoms with E-state index >= 15 is 0 Å². The van der Waals surface area contributed by atoms with Gasteiger partial charge in [0.05, 0.1) is 18.8 Å². The minimum absolute atomic E-state index is 0.0338. The molecule has 4 nitrogen and oxygen atoms in total. The Labute approximate surface area is 153 Å². The number of rotatable bonds is 10. The van der Waals surface area contributed by atoms with Gasteiger partial charge in [0.2, 0.25) is 0 Å². The van der Waals surface area contributed by atoms with Crippen molar-refractivity contribution in [3.8, 4) is 0 Å². The highest BCUT2D eigenvalue weighted by Crippen LogP contribution is 2.35. The molecule has 1 aliphatic carbocycles. The molecule has 1 fully saturated rings. The monoisotopic (exact) mass is 354 g/mol. The largest absolute Gasteiger partial charge is 0.390 e. The molecule has 0 bridgehead atoms. The lowest BCUT2D eigenvalue weighted by Crippen LogP contribution is -2.39. The molecular weight excluding hydrogens is 316 g/mol. The second kappa shape index (κ2) is 11.1. The van der Waals surface area contributed by atoms with Crippen LogP contribution in [-0.2, 0) is 9.53 Å². The maximum atomic E-state index is 11.6. The number of aliphatic hydroxyl groups is 2. The summed E-state index contributed by atoms with van der Waals surface area (Å²) >= 11 is 0. The SMILES string of the molecule is CC=CC(=O)CC(C)CC(O)C(O)COC1CC(C)CCC1C(C)C. The maximum absolute atomic E-state index is 11.6. The van der Waals surface area contributed by atoms with E-state index in [0.717, 1.165) is 6.42 Å². The molecule has 2 N–H and O–H groups in total. The molecule has 0 aromatic carbocycles. The van der Waals surface area contributed by atoms with Crippen LogP contribution in [0.25, 0.3) is 0 Å². The van der Waals surface area contributed by atoms with Crippen LogP contribution in [-0.4, -0.2) is 40.9 Å². The molecule has 0 aliphatic heterocycles. The summed E-state index contributed by atoms with van der Waals surface area (Å²) in [4.78, 5) is 11.6. The second-order valence-electron chi connectivity index (χ2n) is 8.34. The molecular formula is C21H38O4. The first-order valence-corrected chi connectivity index (χ1v) is 9.87. The first-order valence-electron chi connectivity index (χ1n) is 9.87.